The first kappa shape index (κ1) is 21.3. The molecule has 2 aromatic heterocycles. The zero-order chi connectivity index (χ0) is 21.8. The molecule has 0 radical (unpaired) electrons. The number of pyridine rings is 1. The summed E-state index contributed by atoms with van der Waals surface area (Å²) >= 11 is 3.12. The van der Waals surface area contributed by atoms with Crippen molar-refractivity contribution in [3.8, 4) is 0 Å². The van der Waals surface area contributed by atoms with Crippen LogP contribution in [0.2, 0.25) is 0 Å². The number of amides is 2. The summed E-state index contributed by atoms with van der Waals surface area (Å²) in [6.07, 6.45) is 1.82. The average molecular weight is 454 g/mol. The number of aromatic nitrogens is 2. The fourth-order valence-electron chi connectivity index (χ4n) is 3.30. The quantitative estimate of drug-likeness (QED) is 0.628. The van der Waals surface area contributed by atoms with E-state index < -0.39 is 0 Å². The van der Waals surface area contributed by atoms with Crippen molar-refractivity contribution >= 4 is 45.9 Å². The highest BCUT2D eigenvalue weighted by molar-refractivity contribution is 8.01. The van der Waals surface area contributed by atoms with Crippen LogP contribution in [-0.4, -0.2) is 57.8 Å². The van der Waals surface area contributed by atoms with E-state index in [1.165, 1.54) is 0 Å². The zero-order valence-corrected chi connectivity index (χ0v) is 19.0. The van der Waals surface area contributed by atoms with E-state index in [9.17, 15) is 9.59 Å². The first-order valence-corrected chi connectivity index (χ1v) is 11.6. The third-order valence-electron chi connectivity index (χ3n) is 4.92. The summed E-state index contributed by atoms with van der Waals surface area (Å²) in [6, 6.07) is 13.5. The van der Waals surface area contributed by atoms with Gasteiger partial charge in [0.1, 0.15) is 5.82 Å². The van der Waals surface area contributed by atoms with Crippen LogP contribution < -0.4 is 5.32 Å². The number of anilines is 2. The lowest BCUT2D eigenvalue weighted by Gasteiger charge is -2.34. The number of benzene rings is 1. The first-order chi connectivity index (χ1) is 15.0. The molecular formula is C22H23N5O2S2. The van der Waals surface area contributed by atoms with Crippen LogP contribution in [-0.2, 0) is 4.79 Å². The topological polar surface area (TPSA) is 78.4 Å². The van der Waals surface area contributed by atoms with Gasteiger partial charge < -0.3 is 15.1 Å². The van der Waals surface area contributed by atoms with Crippen LogP contribution in [0.5, 0.6) is 0 Å². The molecule has 1 aliphatic rings. The van der Waals surface area contributed by atoms with Gasteiger partial charge in [0.25, 0.3) is 5.91 Å². The van der Waals surface area contributed by atoms with E-state index in [-0.39, 0.29) is 11.8 Å². The predicted octanol–water partition coefficient (Wildman–Crippen LogP) is 4.05. The number of aryl methyl sites for hydroxylation is 1. The molecular weight excluding hydrogens is 430 g/mol. The molecule has 9 heteroatoms. The summed E-state index contributed by atoms with van der Waals surface area (Å²) in [4.78, 5) is 37.8. The van der Waals surface area contributed by atoms with Gasteiger partial charge in [-0.1, -0.05) is 35.2 Å². The Balaban J connectivity index is 1.39. The standard InChI is InChI=1S/C22H23N5O2S2/c1-15-5-3-8-19(24-15)25-22-23-14-20(31-22)30-18-7-4-6-17(13-18)21(29)27-11-9-26(10-12-27)16(2)28/h3-8,13-14H,9-12H2,1-2H3,(H,23,24,25). The van der Waals surface area contributed by atoms with Crippen molar-refractivity contribution in [2.45, 2.75) is 23.0 Å². The van der Waals surface area contributed by atoms with Gasteiger partial charge in [-0.15, -0.1) is 0 Å². The fourth-order valence-corrected chi connectivity index (χ4v) is 5.22. The average Bonchev–Trinajstić information content (AvgIpc) is 3.20. The zero-order valence-electron chi connectivity index (χ0n) is 17.4. The molecule has 3 heterocycles. The highest BCUT2D eigenvalue weighted by Crippen LogP contribution is 2.35. The lowest BCUT2D eigenvalue weighted by molar-refractivity contribution is -0.130. The number of nitrogens with one attached hydrogen (secondary N) is 1. The van der Waals surface area contributed by atoms with Gasteiger partial charge in [-0.25, -0.2) is 9.97 Å². The first-order valence-electron chi connectivity index (χ1n) is 9.97. The summed E-state index contributed by atoms with van der Waals surface area (Å²) in [6.45, 7) is 5.81. The summed E-state index contributed by atoms with van der Waals surface area (Å²) in [5.74, 6) is 0.827. The van der Waals surface area contributed by atoms with Crippen LogP contribution in [0.25, 0.3) is 0 Å². The minimum Gasteiger partial charge on any atom is -0.339 e. The second-order valence-corrected chi connectivity index (χ2v) is 9.61. The van der Waals surface area contributed by atoms with Crippen molar-refractivity contribution in [2.75, 3.05) is 31.5 Å². The molecule has 1 N–H and O–H groups in total. The number of carbonyl (C=O) groups is 2. The molecule has 1 aliphatic heterocycles. The molecule has 0 spiro atoms. The van der Waals surface area contributed by atoms with Crippen LogP contribution in [0.3, 0.4) is 0 Å². The number of hydrogen-bond donors (Lipinski definition) is 1. The Bertz CT molecular complexity index is 1090. The number of carbonyl (C=O) groups excluding carboxylic acids is 2. The molecule has 2 amide bonds. The normalized spacial score (nSPS) is 13.9. The third-order valence-corrected chi connectivity index (χ3v) is 6.92. The molecule has 7 nitrogen and oxygen atoms in total. The Morgan fingerprint density at radius 3 is 2.55 bits per heavy atom. The summed E-state index contributed by atoms with van der Waals surface area (Å²) in [7, 11) is 0. The van der Waals surface area contributed by atoms with Crippen molar-refractivity contribution in [3.05, 3.63) is 59.9 Å². The van der Waals surface area contributed by atoms with Crippen molar-refractivity contribution < 1.29 is 9.59 Å². The molecule has 0 atom stereocenters. The van der Waals surface area contributed by atoms with Crippen LogP contribution in [0.4, 0.5) is 10.9 Å². The largest absolute Gasteiger partial charge is 0.339 e. The van der Waals surface area contributed by atoms with E-state index in [1.807, 2.05) is 60.5 Å². The second kappa shape index (κ2) is 9.49. The molecule has 4 rings (SSSR count). The van der Waals surface area contributed by atoms with E-state index in [1.54, 1.807) is 34.9 Å². The number of rotatable bonds is 5. The van der Waals surface area contributed by atoms with Gasteiger partial charge in [0.05, 0.1) is 10.4 Å². The van der Waals surface area contributed by atoms with E-state index in [4.69, 9.17) is 0 Å². The van der Waals surface area contributed by atoms with Gasteiger partial charge in [0.2, 0.25) is 5.91 Å². The minimum atomic E-state index is 0.00262. The lowest BCUT2D eigenvalue weighted by Crippen LogP contribution is -2.50. The molecule has 1 aromatic carbocycles. The Kier molecular flexibility index (Phi) is 6.53. The number of thiazole rings is 1. The van der Waals surface area contributed by atoms with Crippen molar-refractivity contribution in [3.63, 3.8) is 0 Å². The molecule has 1 saturated heterocycles. The molecule has 3 aromatic rings. The van der Waals surface area contributed by atoms with Crippen LogP contribution >= 0.6 is 23.1 Å². The van der Waals surface area contributed by atoms with E-state index >= 15 is 0 Å². The van der Waals surface area contributed by atoms with Gasteiger partial charge in [-0.3, -0.25) is 9.59 Å². The van der Waals surface area contributed by atoms with Crippen LogP contribution in [0, 0.1) is 6.92 Å². The Morgan fingerprint density at radius 1 is 1.06 bits per heavy atom. The van der Waals surface area contributed by atoms with E-state index in [2.05, 4.69) is 15.3 Å². The summed E-state index contributed by atoms with van der Waals surface area (Å²) in [5.41, 5.74) is 1.61. The Hall–Kier alpha value is -2.91. The monoisotopic (exact) mass is 453 g/mol. The van der Waals surface area contributed by atoms with E-state index in [0.717, 1.165) is 25.7 Å². The molecule has 31 heavy (non-hydrogen) atoms. The number of piperazine rings is 1. The molecule has 1 fully saturated rings. The maximum Gasteiger partial charge on any atom is 0.254 e. The molecule has 0 unspecified atom stereocenters. The highest BCUT2D eigenvalue weighted by Gasteiger charge is 2.23. The van der Waals surface area contributed by atoms with Gasteiger partial charge in [-0.2, -0.15) is 0 Å². The SMILES string of the molecule is CC(=O)N1CCN(C(=O)c2cccc(Sc3cnc(Nc4cccc(C)n4)s3)c2)CC1. The third kappa shape index (κ3) is 5.42. The lowest BCUT2D eigenvalue weighted by atomic mass is 10.2. The molecule has 0 bridgehead atoms. The fraction of sp³-hybridized carbons (Fsp3) is 0.273. The van der Waals surface area contributed by atoms with Gasteiger partial charge >= 0.3 is 0 Å². The smallest absolute Gasteiger partial charge is 0.254 e. The van der Waals surface area contributed by atoms with Gasteiger partial charge in [0, 0.05) is 49.3 Å². The van der Waals surface area contributed by atoms with Crippen LogP contribution in [0.15, 0.2) is 57.8 Å². The van der Waals surface area contributed by atoms with Crippen molar-refractivity contribution in [1.82, 2.24) is 19.8 Å². The van der Waals surface area contributed by atoms with Crippen molar-refractivity contribution in [2.24, 2.45) is 0 Å². The molecule has 160 valence electrons. The molecule has 0 saturated carbocycles. The number of hydrogen-bond acceptors (Lipinski definition) is 7. The molecule has 0 aliphatic carbocycles. The summed E-state index contributed by atoms with van der Waals surface area (Å²) < 4.78 is 1.02. The minimum absolute atomic E-state index is 0.00262. The number of nitrogens with zero attached hydrogens (tertiary/aromatic N) is 4. The van der Waals surface area contributed by atoms with Crippen molar-refractivity contribution in [1.29, 1.82) is 0 Å². The Labute approximate surface area is 189 Å². The van der Waals surface area contributed by atoms with Gasteiger partial charge in [-0.05, 0) is 37.3 Å². The highest BCUT2D eigenvalue weighted by atomic mass is 32.2. The predicted molar refractivity (Wildman–Crippen MR) is 123 cm³/mol. The van der Waals surface area contributed by atoms with E-state index in [0.29, 0.717) is 31.7 Å². The maximum absolute atomic E-state index is 12.9. The maximum atomic E-state index is 12.9. The van der Waals surface area contributed by atoms with Gasteiger partial charge in [0.15, 0.2) is 5.13 Å². The second-order valence-electron chi connectivity index (χ2n) is 7.20. The summed E-state index contributed by atoms with van der Waals surface area (Å²) in [5, 5.41) is 4.00. The van der Waals surface area contributed by atoms with Crippen LogP contribution in [0.1, 0.15) is 23.0 Å². The Morgan fingerprint density at radius 2 is 1.81 bits per heavy atom.